The average Bonchev–Trinajstić information content (AvgIpc) is 0.722. The summed E-state index contributed by atoms with van der Waals surface area (Å²) in [5, 5.41) is 0. The zero-order chi connectivity index (χ0) is 4.50. The minimum absolute atomic E-state index is 0. The van der Waals surface area contributed by atoms with Crippen molar-refractivity contribution in [3.63, 3.8) is 0 Å². The van der Waals surface area contributed by atoms with Gasteiger partial charge >= 0.3 is 55.0 Å². The van der Waals surface area contributed by atoms with Gasteiger partial charge in [0.1, 0.15) is 0 Å². The van der Waals surface area contributed by atoms with E-state index in [1.165, 1.54) is 0 Å². The molecule has 0 aliphatic heterocycles. The Kier molecular flexibility index (Phi) is 13.1. The zero-order valence-electron chi connectivity index (χ0n) is 4.20. The molecule has 0 aromatic heterocycles. The largest absolute Gasteiger partial charge is 1.00 e. The molecule has 0 heterocycles. The molecular formula is H8GeNaO4P. The van der Waals surface area contributed by atoms with Crippen LogP contribution in [0.5, 0.6) is 0 Å². The van der Waals surface area contributed by atoms with Gasteiger partial charge in [-0.2, -0.15) is 0 Å². The fourth-order valence-corrected chi connectivity index (χ4v) is 0. The van der Waals surface area contributed by atoms with E-state index in [9.17, 15) is 0 Å². The van der Waals surface area contributed by atoms with Crippen LogP contribution in [0, 0.1) is 0 Å². The van der Waals surface area contributed by atoms with E-state index >= 15 is 0 Å². The summed E-state index contributed by atoms with van der Waals surface area (Å²) in [7, 11) is -4.64. The van der Waals surface area contributed by atoms with Gasteiger partial charge in [0.25, 0.3) is 0 Å². The van der Waals surface area contributed by atoms with E-state index < -0.39 is 7.82 Å². The summed E-state index contributed by atoms with van der Waals surface area (Å²) in [5.41, 5.74) is 0. The summed E-state index contributed by atoms with van der Waals surface area (Å²) in [6.07, 6.45) is 0. The molecule has 0 aliphatic rings. The second-order valence-electron chi connectivity index (χ2n) is 0.513. The van der Waals surface area contributed by atoms with Gasteiger partial charge < -0.3 is 16.1 Å². The molecule has 3 N–H and O–H groups in total. The first-order valence-corrected chi connectivity index (χ1v) is 2.35. The molecule has 42 valence electrons. The molecule has 0 aliphatic carbocycles. The quantitative estimate of drug-likeness (QED) is 0.269. The van der Waals surface area contributed by atoms with Crippen LogP contribution in [0.4, 0.5) is 0 Å². The van der Waals surface area contributed by atoms with Crippen molar-refractivity contribution >= 4 is 25.4 Å². The molecule has 0 fully saturated rings. The third-order valence-corrected chi connectivity index (χ3v) is 0. The molecule has 0 spiro atoms. The van der Waals surface area contributed by atoms with E-state index in [2.05, 4.69) is 0 Å². The van der Waals surface area contributed by atoms with E-state index in [4.69, 9.17) is 19.2 Å². The van der Waals surface area contributed by atoms with Crippen molar-refractivity contribution in [1.82, 2.24) is 0 Å². The molecule has 7 heavy (non-hydrogen) atoms. The predicted octanol–water partition coefficient (Wildman–Crippen LogP) is -5.26. The van der Waals surface area contributed by atoms with Gasteiger partial charge in [-0.1, -0.05) is 0 Å². The Labute approximate surface area is 75.3 Å². The molecule has 0 aromatic carbocycles. The van der Waals surface area contributed by atoms with Crippen LogP contribution in [0.25, 0.3) is 0 Å². The standard InChI is InChI=1S/GeH4.Na.H3O4P.H/c;;1-5(2,3)4;/h1H4;;(H3,1,2,3,4);/q;+1;;-1. The Balaban J connectivity index is -0.0000000267. The van der Waals surface area contributed by atoms with Crippen molar-refractivity contribution in [3.8, 4) is 0 Å². The Hall–Kier alpha value is 1.65. The van der Waals surface area contributed by atoms with E-state index in [0.717, 1.165) is 0 Å². The van der Waals surface area contributed by atoms with Gasteiger partial charge in [0.2, 0.25) is 0 Å². The molecule has 0 aromatic rings. The summed E-state index contributed by atoms with van der Waals surface area (Å²) < 4.78 is 8.88. The monoisotopic (exact) mass is 200 g/mol. The van der Waals surface area contributed by atoms with Crippen LogP contribution in [0.1, 0.15) is 1.43 Å². The number of hydrogen-bond acceptors (Lipinski definition) is 1. The van der Waals surface area contributed by atoms with Gasteiger partial charge in [-0.15, -0.1) is 0 Å². The summed E-state index contributed by atoms with van der Waals surface area (Å²) >= 11 is 0. The molecule has 4 nitrogen and oxygen atoms in total. The Morgan fingerprint density at radius 1 is 1.29 bits per heavy atom. The summed E-state index contributed by atoms with van der Waals surface area (Å²) in [5.74, 6) is 0. The Morgan fingerprint density at radius 2 is 1.29 bits per heavy atom. The second-order valence-corrected chi connectivity index (χ2v) is 1.54. The SMILES string of the molecule is O=P(O)(O)O.[GeH4].[H-].[Na+]. The van der Waals surface area contributed by atoms with Crippen LogP contribution < -0.4 is 29.6 Å². The van der Waals surface area contributed by atoms with Gasteiger partial charge in [0, 0.05) is 0 Å². The van der Waals surface area contributed by atoms with Crippen LogP contribution in [0.3, 0.4) is 0 Å². The van der Waals surface area contributed by atoms with E-state index in [-0.39, 0.29) is 48.6 Å². The Bertz CT molecular complexity index is 62.2. The maximum Gasteiger partial charge on any atom is 1.00 e. The summed E-state index contributed by atoms with van der Waals surface area (Å²) in [4.78, 5) is 21.6. The van der Waals surface area contributed by atoms with Crippen LogP contribution in [0.2, 0.25) is 0 Å². The van der Waals surface area contributed by atoms with Crippen LogP contribution in [-0.2, 0) is 4.57 Å². The predicted molar refractivity (Wildman–Crippen MR) is 26.7 cm³/mol. The minimum Gasteiger partial charge on any atom is -1.00 e. The maximum atomic E-state index is 8.88. The smallest absolute Gasteiger partial charge is 1.00 e. The van der Waals surface area contributed by atoms with Gasteiger partial charge in [-0.25, -0.2) is 4.57 Å². The van der Waals surface area contributed by atoms with Gasteiger partial charge in [0.15, 0.2) is 0 Å². The minimum atomic E-state index is -4.64. The third-order valence-electron chi connectivity index (χ3n) is 0. The molecule has 0 saturated carbocycles. The first-order chi connectivity index (χ1) is 2.00. The van der Waals surface area contributed by atoms with Crippen LogP contribution >= 0.6 is 7.82 Å². The van der Waals surface area contributed by atoms with E-state index in [0.29, 0.717) is 0 Å². The molecular weight excluding hydrogens is 191 g/mol. The fraction of sp³-hybridized carbons (Fsp3) is 0. The van der Waals surface area contributed by atoms with Crippen molar-refractivity contribution in [2.24, 2.45) is 0 Å². The fourth-order valence-electron chi connectivity index (χ4n) is 0. The number of hydrogen-bond donors (Lipinski definition) is 3. The summed E-state index contributed by atoms with van der Waals surface area (Å²) in [6, 6.07) is 0. The van der Waals surface area contributed by atoms with Crippen molar-refractivity contribution in [2.75, 3.05) is 0 Å². The van der Waals surface area contributed by atoms with Gasteiger partial charge in [-0.05, 0) is 0 Å². The van der Waals surface area contributed by atoms with Crippen LogP contribution in [0.15, 0.2) is 0 Å². The molecule has 0 unspecified atom stereocenters. The van der Waals surface area contributed by atoms with E-state index in [1.54, 1.807) is 0 Å². The zero-order valence-corrected chi connectivity index (χ0v) is 6.09. The van der Waals surface area contributed by atoms with Crippen molar-refractivity contribution < 1.29 is 50.2 Å². The van der Waals surface area contributed by atoms with Gasteiger partial charge in [0.05, 0.1) is 0 Å². The molecule has 0 radical (unpaired) electrons. The van der Waals surface area contributed by atoms with Crippen molar-refractivity contribution in [3.05, 3.63) is 0 Å². The third kappa shape index (κ3) is 89.5. The summed E-state index contributed by atoms with van der Waals surface area (Å²) in [6.45, 7) is 0. The van der Waals surface area contributed by atoms with Crippen LogP contribution in [-0.4, -0.2) is 32.3 Å². The van der Waals surface area contributed by atoms with Crippen molar-refractivity contribution in [1.29, 1.82) is 0 Å². The molecule has 0 rings (SSSR count). The van der Waals surface area contributed by atoms with Crippen molar-refractivity contribution in [2.45, 2.75) is 0 Å². The van der Waals surface area contributed by atoms with E-state index in [1.807, 2.05) is 0 Å². The maximum absolute atomic E-state index is 8.88. The first kappa shape index (κ1) is 15.9. The topological polar surface area (TPSA) is 77.8 Å². The normalized spacial score (nSPS) is 8.43. The molecule has 7 heteroatoms. The second kappa shape index (κ2) is 5.78. The molecule has 0 atom stereocenters. The number of rotatable bonds is 0. The Morgan fingerprint density at radius 3 is 1.29 bits per heavy atom. The molecule has 0 bridgehead atoms. The molecule has 0 saturated heterocycles. The molecule has 0 amide bonds. The first-order valence-electron chi connectivity index (χ1n) is 0.783. The number of phosphoric acid groups is 1. The average molecular weight is 199 g/mol. The van der Waals surface area contributed by atoms with Gasteiger partial charge in [-0.3, -0.25) is 0 Å².